The van der Waals surface area contributed by atoms with Crippen molar-refractivity contribution in [2.45, 2.75) is 20.4 Å². The maximum Gasteiger partial charge on any atom is 0.246 e. The third kappa shape index (κ3) is 4.55. The molecule has 5 nitrogen and oxygen atoms in total. The molecule has 0 aliphatic carbocycles. The van der Waals surface area contributed by atoms with Gasteiger partial charge in [0, 0.05) is 16.3 Å². The van der Waals surface area contributed by atoms with Crippen molar-refractivity contribution < 1.29 is 4.52 Å². The fraction of sp³-hybridized carbons (Fsp3) is 0.167. The largest absolute Gasteiger partial charge is 0.353 e. The van der Waals surface area contributed by atoms with Gasteiger partial charge in [-0.05, 0) is 67.5 Å². The van der Waals surface area contributed by atoms with E-state index < -0.39 is 0 Å². The highest BCUT2D eigenvalue weighted by Gasteiger charge is 2.09. The molecule has 2 N–H and O–H groups in total. The van der Waals surface area contributed by atoms with Crippen molar-refractivity contribution in [1.82, 2.24) is 15.5 Å². The van der Waals surface area contributed by atoms with Gasteiger partial charge in [0.25, 0.3) is 0 Å². The predicted molar refractivity (Wildman–Crippen MR) is 104 cm³/mol. The Bertz CT molecular complexity index is 892. The number of aryl methyl sites for hydroxylation is 2. The van der Waals surface area contributed by atoms with Crippen molar-refractivity contribution in [3.63, 3.8) is 0 Å². The second-order valence-corrected chi connectivity index (χ2v) is 6.49. The maximum absolute atomic E-state index is 5.88. The average Bonchev–Trinajstić information content (AvgIpc) is 3.06. The van der Waals surface area contributed by atoms with Crippen LogP contribution in [0.5, 0.6) is 0 Å². The van der Waals surface area contributed by atoms with Gasteiger partial charge >= 0.3 is 0 Å². The fourth-order valence-corrected chi connectivity index (χ4v) is 2.54. The summed E-state index contributed by atoms with van der Waals surface area (Å²) in [5, 5.41) is 11.4. The molecular formula is C18H17ClN4OS. The van der Waals surface area contributed by atoms with E-state index in [0.717, 1.165) is 16.8 Å². The number of nitrogens with one attached hydrogen (secondary N) is 2. The van der Waals surface area contributed by atoms with Crippen LogP contribution in [0.25, 0.3) is 11.4 Å². The lowest BCUT2D eigenvalue weighted by atomic mass is 10.1. The van der Waals surface area contributed by atoms with Crippen molar-refractivity contribution in [2.24, 2.45) is 0 Å². The summed E-state index contributed by atoms with van der Waals surface area (Å²) in [4.78, 5) is 4.35. The maximum atomic E-state index is 5.88. The first-order valence-electron chi connectivity index (χ1n) is 7.72. The number of halogens is 1. The molecule has 0 radical (unpaired) electrons. The highest BCUT2D eigenvalue weighted by Crippen LogP contribution is 2.19. The highest BCUT2D eigenvalue weighted by atomic mass is 35.5. The van der Waals surface area contributed by atoms with E-state index in [0.29, 0.717) is 28.4 Å². The lowest BCUT2D eigenvalue weighted by Crippen LogP contribution is -2.28. The summed E-state index contributed by atoms with van der Waals surface area (Å²) in [5.74, 6) is 0.969. The first kappa shape index (κ1) is 17.4. The molecule has 0 aliphatic heterocycles. The summed E-state index contributed by atoms with van der Waals surface area (Å²) < 4.78 is 5.25. The number of thiocarbonyl (C=S) groups is 1. The molecule has 0 saturated heterocycles. The SMILES string of the molecule is Cc1ccc(C)c(NC(=S)NCc2nc(-c3ccc(Cl)cc3)no2)c1. The third-order valence-corrected chi connectivity index (χ3v) is 4.11. The van der Waals surface area contributed by atoms with E-state index in [1.165, 1.54) is 5.56 Å². The van der Waals surface area contributed by atoms with Gasteiger partial charge < -0.3 is 15.2 Å². The second-order valence-electron chi connectivity index (χ2n) is 5.64. The zero-order valence-electron chi connectivity index (χ0n) is 13.8. The van der Waals surface area contributed by atoms with Crippen LogP contribution in [-0.4, -0.2) is 15.3 Å². The minimum Gasteiger partial charge on any atom is -0.353 e. The molecule has 0 atom stereocenters. The van der Waals surface area contributed by atoms with Crippen LogP contribution >= 0.6 is 23.8 Å². The fourth-order valence-electron chi connectivity index (χ4n) is 2.24. The lowest BCUT2D eigenvalue weighted by molar-refractivity contribution is 0.376. The molecule has 0 bridgehead atoms. The van der Waals surface area contributed by atoms with E-state index in [2.05, 4.69) is 39.0 Å². The minimum absolute atomic E-state index is 0.345. The summed E-state index contributed by atoms with van der Waals surface area (Å²) in [5.41, 5.74) is 4.11. The van der Waals surface area contributed by atoms with Gasteiger partial charge in [0.2, 0.25) is 11.7 Å². The Kier molecular flexibility index (Phi) is 5.31. The molecule has 3 aromatic rings. The molecule has 0 saturated carbocycles. The van der Waals surface area contributed by atoms with E-state index in [4.69, 9.17) is 28.3 Å². The van der Waals surface area contributed by atoms with Crippen LogP contribution in [-0.2, 0) is 6.54 Å². The summed E-state index contributed by atoms with van der Waals surface area (Å²) >= 11 is 11.2. The van der Waals surface area contributed by atoms with E-state index in [1.54, 1.807) is 12.1 Å². The Labute approximate surface area is 156 Å². The first-order chi connectivity index (χ1) is 12.0. The second kappa shape index (κ2) is 7.63. The zero-order chi connectivity index (χ0) is 17.8. The van der Waals surface area contributed by atoms with Gasteiger partial charge in [0.15, 0.2) is 5.11 Å². The molecule has 1 aromatic heterocycles. The number of anilines is 1. The molecule has 25 heavy (non-hydrogen) atoms. The molecule has 0 amide bonds. The van der Waals surface area contributed by atoms with Crippen LogP contribution < -0.4 is 10.6 Å². The molecule has 0 unspecified atom stereocenters. The number of benzene rings is 2. The monoisotopic (exact) mass is 372 g/mol. The summed E-state index contributed by atoms with van der Waals surface area (Å²) in [7, 11) is 0. The third-order valence-electron chi connectivity index (χ3n) is 3.61. The quantitative estimate of drug-likeness (QED) is 0.658. The van der Waals surface area contributed by atoms with Crippen LogP contribution in [0.4, 0.5) is 5.69 Å². The van der Waals surface area contributed by atoms with Crippen molar-refractivity contribution in [3.8, 4) is 11.4 Å². The average molecular weight is 373 g/mol. The predicted octanol–water partition coefficient (Wildman–Crippen LogP) is 4.49. The Morgan fingerprint density at radius 1 is 1.16 bits per heavy atom. The molecule has 3 rings (SSSR count). The molecule has 0 spiro atoms. The van der Waals surface area contributed by atoms with Gasteiger partial charge in [-0.3, -0.25) is 0 Å². The number of aromatic nitrogens is 2. The number of hydrogen-bond donors (Lipinski definition) is 2. The Hall–Kier alpha value is -2.44. The molecule has 1 heterocycles. The molecule has 128 valence electrons. The van der Waals surface area contributed by atoms with E-state index in [9.17, 15) is 0 Å². The van der Waals surface area contributed by atoms with E-state index in [1.807, 2.05) is 26.0 Å². The number of rotatable bonds is 4. The summed E-state index contributed by atoms with van der Waals surface area (Å²) in [6.07, 6.45) is 0. The van der Waals surface area contributed by atoms with Crippen LogP contribution in [0.2, 0.25) is 5.02 Å². The molecule has 0 aliphatic rings. The van der Waals surface area contributed by atoms with Gasteiger partial charge in [0.05, 0.1) is 6.54 Å². The normalized spacial score (nSPS) is 10.5. The van der Waals surface area contributed by atoms with Gasteiger partial charge in [-0.15, -0.1) is 0 Å². The van der Waals surface area contributed by atoms with Crippen LogP contribution in [0.3, 0.4) is 0 Å². The summed E-state index contributed by atoms with van der Waals surface area (Å²) in [6, 6.07) is 13.4. The zero-order valence-corrected chi connectivity index (χ0v) is 15.4. The van der Waals surface area contributed by atoms with Crippen LogP contribution in [0.1, 0.15) is 17.0 Å². The lowest BCUT2D eigenvalue weighted by Gasteiger charge is -2.12. The van der Waals surface area contributed by atoms with Gasteiger partial charge in [-0.25, -0.2) is 0 Å². The van der Waals surface area contributed by atoms with Gasteiger partial charge in [-0.2, -0.15) is 4.98 Å². The van der Waals surface area contributed by atoms with E-state index >= 15 is 0 Å². The topological polar surface area (TPSA) is 63.0 Å². The molecule has 0 fully saturated rings. The van der Waals surface area contributed by atoms with Crippen molar-refractivity contribution in [2.75, 3.05) is 5.32 Å². The Morgan fingerprint density at radius 3 is 2.68 bits per heavy atom. The van der Waals surface area contributed by atoms with E-state index in [-0.39, 0.29) is 0 Å². The number of hydrogen-bond acceptors (Lipinski definition) is 4. The minimum atomic E-state index is 0.345. The number of nitrogens with zero attached hydrogens (tertiary/aromatic N) is 2. The Balaban J connectivity index is 1.59. The molecule has 2 aromatic carbocycles. The van der Waals surface area contributed by atoms with Crippen molar-refractivity contribution in [1.29, 1.82) is 0 Å². The smallest absolute Gasteiger partial charge is 0.246 e. The molecular weight excluding hydrogens is 356 g/mol. The van der Waals surface area contributed by atoms with Gasteiger partial charge in [0.1, 0.15) is 0 Å². The Morgan fingerprint density at radius 2 is 1.92 bits per heavy atom. The molecule has 7 heteroatoms. The van der Waals surface area contributed by atoms with Crippen molar-refractivity contribution >= 4 is 34.6 Å². The summed E-state index contributed by atoms with van der Waals surface area (Å²) in [6.45, 7) is 4.41. The van der Waals surface area contributed by atoms with Crippen LogP contribution in [0.15, 0.2) is 47.0 Å². The van der Waals surface area contributed by atoms with Crippen LogP contribution in [0, 0.1) is 13.8 Å². The standard InChI is InChI=1S/C18H17ClN4OS/c1-11-3-4-12(2)15(9-11)21-18(25)20-10-16-22-17(23-24-16)13-5-7-14(19)8-6-13/h3-9H,10H2,1-2H3,(H2,20,21,25). The highest BCUT2D eigenvalue weighted by molar-refractivity contribution is 7.80. The first-order valence-corrected chi connectivity index (χ1v) is 8.50. The van der Waals surface area contributed by atoms with Gasteiger partial charge in [-0.1, -0.05) is 28.9 Å². The van der Waals surface area contributed by atoms with Crippen molar-refractivity contribution in [3.05, 3.63) is 64.5 Å².